The Bertz CT molecular complexity index is 731. The van der Waals surface area contributed by atoms with Crippen LogP contribution in [0.25, 0.3) is 5.57 Å². The van der Waals surface area contributed by atoms with Gasteiger partial charge in [0, 0.05) is 26.3 Å². The van der Waals surface area contributed by atoms with Crippen molar-refractivity contribution in [3.63, 3.8) is 0 Å². The molecule has 0 radical (unpaired) electrons. The number of hydrogen-bond acceptors (Lipinski definition) is 4. The molecular formula is C18H20N4O2. The standard InChI is InChI=1S/C18H20N4O2/c1-24-12-16-10-17(20-13-19-16)21-18(23)22-9-5-8-15(11-22)14-6-3-2-4-7-14/h2-4,6-8,10,13H,5,9,11-12H2,1H3,(H,19,20,21,23). The maximum absolute atomic E-state index is 12.5. The van der Waals surface area contributed by atoms with E-state index in [1.54, 1.807) is 18.1 Å². The molecule has 0 unspecified atom stereocenters. The molecule has 0 spiro atoms. The molecule has 0 saturated heterocycles. The van der Waals surface area contributed by atoms with Gasteiger partial charge in [0.2, 0.25) is 0 Å². The van der Waals surface area contributed by atoms with Gasteiger partial charge in [0.1, 0.15) is 12.1 Å². The lowest BCUT2D eigenvalue weighted by Crippen LogP contribution is -2.38. The second-order valence-corrected chi connectivity index (χ2v) is 5.56. The van der Waals surface area contributed by atoms with Gasteiger partial charge in [-0.3, -0.25) is 5.32 Å². The molecule has 0 saturated carbocycles. The van der Waals surface area contributed by atoms with Crippen molar-refractivity contribution in [2.24, 2.45) is 0 Å². The van der Waals surface area contributed by atoms with Gasteiger partial charge in [0.15, 0.2) is 0 Å². The van der Waals surface area contributed by atoms with Crippen LogP contribution in [0.3, 0.4) is 0 Å². The number of carbonyl (C=O) groups excluding carboxylic acids is 1. The van der Waals surface area contributed by atoms with Crippen molar-refractivity contribution in [1.29, 1.82) is 0 Å². The van der Waals surface area contributed by atoms with Gasteiger partial charge in [-0.2, -0.15) is 0 Å². The van der Waals surface area contributed by atoms with Gasteiger partial charge in [-0.05, 0) is 17.6 Å². The second kappa shape index (κ2) is 7.70. The molecule has 24 heavy (non-hydrogen) atoms. The molecular weight excluding hydrogens is 304 g/mol. The summed E-state index contributed by atoms with van der Waals surface area (Å²) in [7, 11) is 1.60. The third-order valence-electron chi connectivity index (χ3n) is 3.83. The van der Waals surface area contributed by atoms with Crippen LogP contribution in [0.15, 0.2) is 48.8 Å². The van der Waals surface area contributed by atoms with Crippen LogP contribution in [0.5, 0.6) is 0 Å². The maximum atomic E-state index is 12.5. The van der Waals surface area contributed by atoms with Gasteiger partial charge in [-0.1, -0.05) is 36.4 Å². The molecule has 1 aliphatic heterocycles. The molecule has 6 nitrogen and oxygen atoms in total. The Labute approximate surface area is 141 Å². The van der Waals surface area contributed by atoms with Crippen LogP contribution in [0, 0.1) is 0 Å². The Morgan fingerprint density at radius 1 is 1.29 bits per heavy atom. The SMILES string of the molecule is COCc1cc(NC(=O)N2CCC=C(c3ccccc3)C2)ncn1. The number of ether oxygens (including phenoxy) is 1. The van der Waals surface area contributed by atoms with E-state index in [1.165, 1.54) is 11.9 Å². The Hall–Kier alpha value is -2.73. The zero-order valence-corrected chi connectivity index (χ0v) is 13.6. The predicted molar refractivity (Wildman–Crippen MR) is 92.4 cm³/mol. The molecule has 0 atom stereocenters. The molecule has 1 aromatic carbocycles. The van der Waals surface area contributed by atoms with Crippen LogP contribution < -0.4 is 5.32 Å². The van der Waals surface area contributed by atoms with E-state index in [0.717, 1.165) is 17.7 Å². The van der Waals surface area contributed by atoms with Gasteiger partial charge >= 0.3 is 6.03 Å². The minimum atomic E-state index is -0.154. The smallest absolute Gasteiger partial charge is 0.323 e. The monoisotopic (exact) mass is 324 g/mol. The van der Waals surface area contributed by atoms with E-state index in [2.05, 4.69) is 33.5 Å². The molecule has 0 fully saturated rings. The average molecular weight is 324 g/mol. The number of benzene rings is 1. The first-order valence-electron chi connectivity index (χ1n) is 7.86. The van der Waals surface area contributed by atoms with Gasteiger partial charge in [-0.15, -0.1) is 0 Å². The van der Waals surface area contributed by atoms with Gasteiger partial charge in [0.05, 0.1) is 12.3 Å². The van der Waals surface area contributed by atoms with Crippen LogP contribution in [-0.4, -0.2) is 41.1 Å². The number of urea groups is 1. The van der Waals surface area contributed by atoms with E-state index in [1.807, 2.05) is 18.2 Å². The van der Waals surface area contributed by atoms with Crippen molar-refractivity contribution in [1.82, 2.24) is 14.9 Å². The predicted octanol–water partition coefficient (Wildman–Crippen LogP) is 2.94. The van der Waals surface area contributed by atoms with E-state index in [-0.39, 0.29) is 6.03 Å². The van der Waals surface area contributed by atoms with Crippen molar-refractivity contribution in [2.45, 2.75) is 13.0 Å². The topological polar surface area (TPSA) is 67.3 Å². The Balaban J connectivity index is 1.65. The van der Waals surface area contributed by atoms with Gasteiger partial charge in [-0.25, -0.2) is 14.8 Å². The van der Waals surface area contributed by atoms with Crippen LogP contribution in [0.2, 0.25) is 0 Å². The summed E-state index contributed by atoms with van der Waals surface area (Å²) in [5, 5.41) is 2.84. The number of methoxy groups -OCH3 is 1. The molecule has 0 aliphatic carbocycles. The normalized spacial score (nSPS) is 14.2. The van der Waals surface area contributed by atoms with E-state index in [9.17, 15) is 4.79 Å². The zero-order chi connectivity index (χ0) is 16.8. The number of hydrogen-bond donors (Lipinski definition) is 1. The number of nitrogens with one attached hydrogen (secondary N) is 1. The third kappa shape index (κ3) is 3.97. The number of nitrogens with zero attached hydrogens (tertiary/aromatic N) is 3. The lowest BCUT2D eigenvalue weighted by Gasteiger charge is -2.27. The molecule has 0 bridgehead atoms. The highest BCUT2D eigenvalue weighted by atomic mass is 16.5. The molecule has 1 aromatic heterocycles. The molecule has 124 valence electrons. The highest BCUT2D eigenvalue weighted by molar-refractivity contribution is 5.90. The van der Waals surface area contributed by atoms with Crippen LogP contribution >= 0.6 is 0 Å². The minimum absolute atomic E-state index is 0.154. The van der Waals surface area contributed by atoms with Crippen molar-refractivity contribution in [2.75, 3.05) is 25.5 Å². The molecule has 6 heteroatoms. The summed E-state index contributed by atoms with van der Waals surface area (Å²) in [5.41, 5.74) is 3.05. The van der Waals surface area contributed by atoms with E-state index in [4.69, 9.17) is 4.74 Å². The lowest BCUT2D eigenvalue weighted by atomic mass is 10.0. The molecule has 1 N–H and O–H groups in total. The lowest BCUT2D eigenvalue weighted by molar-refractivity contribution is 0.181. The molecule has 3 rings (SSSR count). The third-order valence-corrected chi connectivity index (χ3v) is 3.83. The first-order valence-corrected chi connectivity index (χ1v) is 7.86. The summed E-state index contributed by atoms with van der Waals surface area (Å²) in [5.74, 6) is 0.484. The quantitative estimate of drug-likeness (QED) is 0.939. The van der Waals surface area contributed by atoms with Gasteiger partial charge in [0.25, 0.3) is 0 Å². The Morgan fingerprint density at radius 2 is 2.12 bits per heavy atom. The van der Waals surface area contributed by atoms with Crippen LogP contribution in [-0.2, 0) is 11.3 Å². The maximum Gasteiger partial charge on any atom is 0.323 e. The van der Waals surface area contributed by atoms with Crippen molar-refractivity contribution in [3.05, 3.63) is 60.1 Å². The number of amides is 2. The number of anilines is 1. The fraction of sp³-hybridized carbons (Fsp3) is 0.278. The fourth-order valence-corrected chi connectivity index (χ4v) is 2.66. The summed E-state index contributed by atoms with van der Waals surface area (Å²) in [6.45, 7) is 1.67. The first-order chi connectivity index (χ1) is 11.8. The van der Waals surface area contributed by atoms with Crippen molar-refractivity contribution in [3.8, 4) is 0 Å². The zero-order valence-electron chi connectivity index (χ0n) is 13.6. The second-order valence-electron chi connectivity index (χ2n) is 5.56. The van der Waals surface area contributed by atoms with Crippen molar-refractivity contribution >= 4 is 17.4 Å². The van der Waals surface area contributed by atoms with Crippen molar-refractivity contribution < 1.29 is 9.53 Å². The Morgan fingerprint density at radius 3 is 2.92 bits per heavy atom. The van der Waals surface area contributed by atoms with E-state index < -0.39 is 0 Å². The number of carbonyl (C=O) groups is 1. The number of rotatable bonds is 4. The highest BCUT2D eigenvalue weighted by Gasteiger charge is 2.19. The fourth-order valence-electron chi connectivity index (χ4n) is 2.66. The molecule has 2 aromatic rings. The average Bonchev–Trinajstić information content (AvgIpc) is 2.63. The van der Waals surface area contributed by atoms with Gasteiger partial charge < -0.3 is 9.64 Å². The molecule has 1 aliphatic rings. The van der Waals surface area contributed by atoms with E-state index >= 15 is 0 Å². The first kappa shape index (κ1) is 16.1. The largest absolute Gasteiger partial charge is 0.378 e. The summed E-state index contributed by atoms with van der Waals surface area (Å²) in [6, 6.07) is 11.7. The van der Waals surface area contributed by atoms with E-state index in [0.29, 0.717) is 25.5 Å². The van der Waals surface area contributed by atoms with Crippen LogP contribution in [0.4, 0.5) is 10.6 Å². The summed E-state index contributed by atoms with van der Waals surface area (Å²) >= 11 is 0. The Kier molecular flexibility index (Phi) is 5.18. The summed E-state index contributed by atoms with van der Waals surface area (Å²) < 4.78 is 5.05. The summed E-state index contributed by atoms with van der Waals surface area (Å²) in [6.07, 6.45) is 4.46. The minimum Gasteiger partial charge on any atom is -0.378 e. The molecule has 2 heterocycles. The summed E-state index contributed by atoms with van der Waals surface area (Å²) in [4.78, 5) is 22.5. The highest BCUT2D eigenvalue weighted by Crippen LogP contribution is 2.21. The number of aromatic nitrogens is 2. The van der Waals surface area contributed by atoms with Crippen LogP contribution in [0.1, 0.15) is 17.7 Å². The molecule has 2 amide bonds.